The molecule has 3 heterocycles. The van der Waals surface area contributed by atoms with E-state index in [1.807, 2.05) is 12.1 Å². The van der Waals surface area contributed by atoms with Gasteiger partial charge in [-0.1, -0.05) is 0 Å². The summed E-state index contributed by atoms with van der Waals surface area (Å²) < 4.78 is 0. The number of aromatic nitrogens is 3. The minimum absolute atomic E-state index is 0.199. The highest BCUT2D eigenvalue weighted by Crippen LogP contribution is 2.30. The third-order valence-electron chi connectivity index (χ3n) is 3.07. The number of aldehydes is 1. The van der Waals surface area contributed by atoms with Crippen LogP contribution in [0.15, 0.2) is 24.7 Å². The van der Waals surface area contributed by atoms with Gasteiger partial charge in [-0.3, -0.25) is 0 Å². The highest BCUT2D eigenvalue weighted by atomic mass is 16.1. The first-order valence-corrected chi connectivity index (χ1v) is 5.95. The van der Waals surface area contributed by atoms with Crippen LogP contribution in [0.4, 0.5) is 11.8 Å². The van der Waals surface area contributed by atoms with Crippen molar-refractivity contribution >= 4 is 24.1 Å². The van der Waals surface area contributed by atoms with Crippen LogP contribution in [0.5, 0.6) is 0 Å². The van der Waals surface area contributed by atoms with Gasteiger partial charge in [0.25, 0.3) is 0 Å². The van der Waals surface area contributed by atoms with E-state index in [4.69, 9.17) is 11.5 Å². The Balaban J connectivity index is 2.13. The molecule has 3 rings (SSSR count). The Hall–Kier alpha value is -2.96. The highest BCUT2D eigenvalue weighted by molar-refractivity contribution is 5.77. The summed E-state index contributed by atoms with van der Waals surface area (Å²) in [7, 11) is 0. The predicted octanol–water partition coefficient (Wildman–Crippen LogP) is 0.517. The third-order valence-corrected chi connectivity index (χ3v) is 3.07. The molecule has 0 aromatic carbocycles. The molecule has 2 aromatic heterocycles. The van der Waals surface area contributed by atoms with Gasteiger partial charge in [0.15, 0.2) is 0 Å². The lowest BCUT2D eigenvalue weighted by atomic mass is 9.98. The summed E-state index contributed by atoms with van der Waals surface area (Å²) in [5, 5.41) is 2.92. The Morgan fingerprint density at radius 2 is 2.00 bits per heavy atom. The lowest BCUT2D eigenvalue weighted by Crippen LogP contribution is -2.22. The summed E-state index contributed by atoms with van der Waals surface area (Å²) in [6.07, 6.45) is 7.52. The quantitative estimate of drug-likeness (QED) is 0.679. The van der Waals surface area contributed by atoms with Gasteiger partial charge in [0.1, 0.15) is 18.1 Å². The maximum Gasteiger partial charge on any atom is 0.219 e. The van der Waals surface area contributed by atoms with Crippen LogP contribution in [0.1, 0.15) is 17.2 Å². The fourth-order valence-corrected chi connectivity index (χ4v) is 2.12. The monoisotopic (exact) mass is 268 g/mol. The number of carbonyl (C=O) groups is 1. The van der Waals surface area contributed by atoms with Crippen molar-refractivity contribution in [2.75, 3.05) is 11.5 Å². The average molecular weight is 268 g/mol. The molecule has 1 aliphatic rings. The van der Waals surface area contributed by atoms with Gasteiger partial charge in [0, 0.05) is 23.5 Å². The topological polar surface area (TPSA) is 120 Å². The predicted molar refractivity (Wildman–Crippen MR) is 75.1 cm³/mol. The number of nitrogens with two attached hydrogens (primary N) is 2. The fourth-order valence-electron chi connectivity index (χ4n) is 2.12. The molecule has 0 spiro atoms. The Morgan fingerprint density at radius 3 is 2.70 bits per heavy atom. The van der Waals surface area contributed by atoms with Crippen molar-refractivity contribution in [3.8, 4) is 11.3 Å². The largest absolute Gasteiger partial charge is 0.383 e. The molecule has 0 saturated carbocycles. The summed E-state index contributed by atoms with van der Waals surface area (Å²) in [5.41, 5.74) is 14.3. The number of hydrogen-bond donors (Lipinski definition) is 3. The maximum absolute atomic E-state index is 11.1. The van der Waals surface area contributed by atoms with E-state index in [0.29, 0.717) is 22.6 Å². The SMILES string of the molecule is Nc1ncc(-c2cc3c(c(N)n2)C(C=O)NC=C3)cn1. The average Bonchev–Trinajstić information content (AvgIpc) is 2.47. The Bertz CT molecular complexity index is 695. The minimum Gasteiger partial charge on any atom is -0.383 e. The van der Waals surface area contributed by atoms with Crippen molar-refractivity contribution in [1.29, 1.82) is 0 Å². The second kappa shape index (κ2) is 4.61. The molecule has 2 aromatic rings. The van der Waals surface area contributed by atoms with Crippen molar-refractivity contribution in [2.45, 2.75) is 6.04 Å². The number of fused-ring (bicyclic) bond motifs is 1. The second-order valence-corrected chi connectivity index (χ2v) is 4.34. The number of pyridine rings is 1. The zero-order chi connectivity index (χ0) is 14.1. The first kappa shape index (κ1) is 12.1. The molecule has 20 heavy (non-hydrogen) atoms. The zero-order valence-corrected chi connectivity index (χ0v) is 10.4. The van der Waals surface area contributed by atoms with Gasteiger partial charge in [-0.25, -0.2) is 15.0 Å². The smallest absolute Gasteiger partial charge is 0.219 e. The molecule has 0 aliphatic carbocycles. The van der Waals surface area contributed by atoms with E-state index in [2.05, 4.69) is 20.3 Å². The molecule has 5 N–H and O–H groups in total. The van der Waals surface area contributed by atoms with Crippen LogP contribution in [0.2, 0.25) is 0 Å². The number of hydrogen-bond acceptors (Lipinski definition) is 7. The summed E-state index contributed by atoms with van der Waals surface area (Å²) in [5.74, 6) is 0.507. The number of nitrogen functional groups attached to an aromatic ring is 2. The van der Waals surface area contributed by atoms with Crippen LogP contribution in [0.25, 0.3) is 17.3 Å². The highest BCUT2D eigenvalue weighted by Gasteiger charge is 2.21. The summed E-state index contributed by atoms with van der Waals surface area (Å²) in [6, 6.07) is 1.37. The summed E-state index contributed by atoms with van der Waals surface area (Å²) in [6.45, 7) is 0. The Labute approximate surface area is 114 Å². The third kappa shape index (κ3) is 1.95. The molecule has 0 fully saturated rings. The Morgan fingerprint density at radius 1 is 1.25 bits per heavy atom. The molecule has 1 aliphatic heterocycles. The molecule has 0 bridgehead atoms. The fraction of sp³-hybridized carbons (Fsp3) is 0.0769. The molecule has 1 atom stereocenters. The van der Waals surface area contributed by atoms with Crippen LogP contribution >= 0.6 is 0 Å². The molecule has 0 radical (unpaired) electrons. The van der Waals surface area contributed by atoms with Crippen LogP contribution in [0.3, 0.4) is 0 Å². The van der Waals surface area contributed by atoms with Crippen molar-refractivity contribution in [3.63, 3.8) is 0 Å². The van der Waals surface area contributed by atoms with E-state index >= 15 is 0 Å². The normalized spacial score (nSPS) is 16.3. The van der Waals surface area contributed by atoms with Crippen molar-refractivity contribution < 1.29 is 4.79 Å². The Kier molecular flexibility index (Phi) is 2.79. The van der Waals surface area contributed by atoms with E-state index < -0.39 is 6.04 Å². The van der Waals surface area contributed by atoms with Crippen LogP contribution < -0.4 is 16.8 Å². The second-order valence-electron chi connectivity index (χ2n) is 4.34. The molecule has 1 unspecified atom stereocenters. The molecule has 7 heteroatoms. The van der Waals surface area contributed by atoms with Gasteiger partial charge in [0.05, 0.1) is 5.69 Å². The number of rotatable bonds is 2. The minimum atomic E-state index is -0.473. The van der Waals surface area contributed by atoms with Gasteiger partial charge >= 0.3 is 0 Å². The first-order valence-electron chi connectivity index (χ1n) is 5.95. The number of nitrogens with zero attached hydrogens (tertiary/aromatic N) is 3. The van der Waals surface area contributed by atoms with E-state index in [1.165, 1.54) is 0 Å². The van der Waals surface area contributed by atoms with Crippen LogP contribution in [-0.4, -0.2) is 21.2 Å². The molecule has 0 saturated heterocycles. The van der Waals surface area contributed by atoms with Gasteiger partial charge in [-0.15, -0.1) is 0 Å². The van der Waals surface area contributed by atoms with Gasteiger partial charge in [0.2, 0.25) is 5.95 Å². The van der Waals surface area contributed by atoms with Crippen LogP contribution in [-0.2, 0) is 4.79 Å². The maximum atomic E-state index is 11.1. The van der Waals surface area contributed by atoms with Crippen molar-refractivity contribution in [3.05, 3.63) is 35.8 Å². The zero-order valence-electron chi connectivity index (χ0n) is 10.4. The summed E-state index contributed by atoms with van der Waals surface area (Å²) in [4.78, 5) is 23.2. The van der Waals surface area contributed by atoms with Crippen molar-refractivity contribution in [2.24, 2.45) is 0 Å². The standard InChI is InChI=1S/C13H12N6O/c14-12-11-7(1-2-16-10(11)6-20)3-9(19-12)8-4-17-13(15)18-5-8/h1-6,10,16H,(H2,14,19)(H2,15,17,18). The van der Waals surface area contributed by atoms with Crippen molar-refractivity contribution in [1.82, 2.24) is 20.3 Å². The molecular formula is C13H12N6O. The summed E-state index contributed by atoms with van der Waals surface area (Å²) >= 11 is 0. The van der Waals surface area contributed by atoms with Gasteiger partial charge in [-0.05, 0) is 23.9 Å². The lowest BCUT2D eigenvalue weighted by Gasteiger charge is -2.20. The lowest BCUT2D eigenvalue weighted by molar-refractivity contribution is -0.109. The number of nitrogens with one attached hydrogen (secondary N) is 1. The van der Waals surface area contributed by atoms with E-state index in [9.17, 15) is 4.79 Å². The molecule has 0 amide bonds. The van der Waals surface area contributed by atoms with E-state index in [0.717, 1.165) is 11.8 Å². The molecule has 7 nitrogen and oxygen atoms in total. The molecule has 100 valence electrons. The number of carbonyl (C=O) groups excluding carboxylic acids is 1. The first-order chi connectivity index (χ1) is 9.69. The van der Waals surface area contributed by atoms with Gasteiger partial charge in [-0.2, -0.15) is 0 Å². The van der Waals surface area contributed by atoms with E-state index in [-0.39, 0.29) is 5.95 Å². The molecular weight excluding hydrogens is 256 g/mol. The van der Waals surface area contributed by atoms with E-state index in [1.54, 1.807) is 18.6 Å². The van der Waals surface area contributed by atoms with Gasteiger partial charge < -0.3 is 21.6 Å². The number of anilines is 2. The van der Waals surface area contributed by atoms with Crippen LogP contribution in [0, 0.1) is 0 Å².